The van der Waals surface area contributed by atoms with Crippen molar-refractivity contribution in [3.8, 4) is 5.75 Å². The normalized spacial score (nSPS) is 11.0. The topological polar surface area (TPSA) is 78.9 Å². The van der Waals surface area contributed by atoms with Gasteiger partial charge in [0.15, 0.2) is 0 Å². The van der Waals surface area contributed by atoms with Gasteiger partial charge >= 0.3 is 0 Å². The van der Waals surface area contributed by atoms with Gasteiger partial charge in [-0.2, -0.15) is 0 Å². The lowest BCUT2D eigenvalue weighted by Crippen LogP contribution is -2.33. The number of rotatable bonds is 9. The zero-order chi connectivity index (χ0) is 23.1. The van der Waals surface area contributed by atoms with Crippen molar-refractivity contribution >= 4 is 27.3 Å². The fourth-order valence-electron chi connectivity index (χ4n) is 3.21. The van der Waals surface area contributed by atoms with E-state index in [1.54, 1.807) is 24.3 Å². The number of amides is 1. The van der Waals surface area contributed by atoms with Gasteiger partial charge in [0, 0.05) is 38.4 Å². The highest BCUT2D eigenvalue weighted by atomic mass is 32.2. The molecule has 0 aromatic heterocycles. The predicted molar refractivity (Wildman–Crippen MR) is 127 cm³/mol. The standard InChI is InChI=1S/C24H27N3O4S/c1-26(20-9-5-4-6-10-20)18-17-25-24(28)19-13-15-21(16-14-19)32(29,30)27(2)22-11-7-8-12-23(22)31-3/h4-16H,17-18H2,1-3H3,(H,25,28). The molecule has 3 aromatic rings. The quantitative estimate of drug-likeness (QED) is 0.537. The Morgan fingerprint density at radius 2 is 1.53 bits per heavy atom. The van der Waals surface area contributed by atoms with Gasteiger partial charge in [-0.3, -0.25) is 9.10 Å². The molecule has 1 N–H and O–H groups in total. The number of carbonyl (C=O) groups excluding carboxylic acids is 1. The Balaban J connectivity index is 1.64. The zero-order valence-electron chi connectivity index (χ0n) is 18.4. The van der Waals surface area contributed by atoms with Gasteiger partial charge in [0.05, 0.1) is 17.7 Å². The van der Waals surface area contributed by atoms with Crippen LogP contribution in [0, 0.1) is 0 Å². The molecule has 0 fully saturated rings. The number of carbonyl (C=O) groups is 1. The lowest BCUT2D eigenvalue weighted by atomic mass is 10.2. The number of nitrogens with one attached hydrogen (secondary N) is 1. The van der Waals surface area contributed by atoms with Gasteiger partial charge in [-0.1, -0.05) is 30.3 Å². The number of para-hydroxylation sites is 3. The van der Waals surface area contributed by atoms with E-state index in [-0.39, 0.29) is 10.8 Å². The summed E-state index contributed by atoms with van der Waals surface area (Å²) in [6.45, 7) is 1.10. The van der Waals surface area contributed by atoms with Crippen LogP contribution in [-0.4, -0.2) is 48.6 Å². The number of anilines is 2. The minimum Gasteiger partial charge on any atom is -0.495 e. The first-order valence-electron chi connectivity index (χ1n) is 10.1. The third-order valence-electron chi connectivity index (χ3n) is 5.13. The maximum absolute atomic E-state index is 13.0. The number of benzene rings is 3. The van der Waals surface area contributed by atoms with Crippen molar-refractivity contribution in [1.82, 2.24) is 5.32 Å². The van der Waals surface area contributed by atoms with Crippen LogP contribution in [0.15, 0.2) is 83.8 Å². The molecular formula is C24H27N3O4S. The number of hydrogen-bond donors (Lipinski definition) is 1. The summed E-state index contributed by atoms with van der Waals surface area (Å²) in [6.07, 6.45) is 0. The Labute approximate surface area is 189 Å². The zero-order valence-corrected chi connectivity index (χ0v) is 19.2. The van der Waals surface area contributed by atoms with E-state index in [1.807, 2.05) is 42.3 Å². The van der Waals surface area contributed by atoms with Gasteiger partial charge in [0.2, 0.25) is 0 Å². The predicted octanol–water partition coefficient (Wildman–Crippen LogP) is 3.39. The largest absolute Gasteiger partial charge is 0.495 e. The highest BCUT2D eigenvalue weighted by molar-refractivity contribution is 7.92. The fourth-order valence-corrected chi connectivity index (χ4v) is 4.41. The average Bonchev–Trinajstić information content (AvgIpc) is 2.83. The number of methoxy groups -OCH3 is 1. The molecule has 3 rings (SSSR count). The van der Waals surface area contributed by atoms with E-state index in [2.05, 4.69) is 5.32 Å². The molecule has 168 valence electrons. The fraction of sp³-hybridized carbons (Fsp3) is 0.208. The van der Waals surface area contributed by atoms with Crippen LogP contribution in [-0.2, 0) is 10.0 Å². The molecule has 32 heavy (non-hydrogen) atoms. The molecule has 0 bridgehead atoms. The summed E-state index contributed by atoms with van der Waals surface area (Å²) in [5, 5.41) is 2.86. The van der Waals surface area contributed by atoms with Crippen LogP contribution in [0.2, 0.25) is 0 Å². The molecule has 0 saturated heterocycles. The first-order valence-corrected chi connectivity index (χ1v) is 11.5. The second kappa shape index (κ2) is 10.2. The van der Waals surface area contributed by atoms with E-state index in [0.29, 0.717) is 30.1 Å². The van der Waals surface area contributed by atoms with Crippen LogP contribution < -0.4 is 19.3 Å². The number of likely N-dealkylation sites (N-methyl/N-ethyl adjacent to an activating group) is 1. The minimum atomic E-state index is -3.81. The molecule has 0 saturated carbocycles. The smallest absolute Gasteiger partial charge is 0.264 e. The molecule has 0 heterocycles. The Hall–Kier alpha value is -3.52. The van der Waals surface area contributed by atoms with Crippen molar-refractivity contribution in [3.63, 3.8) is 0 Å². The lowest BCUT2D eigenvalue weighted by molar-refractivity contribution is 0.0954. The molecule has 0 aliphatic carbocycles. The number of nitrogens with zero attached hydrogens (tertiary/aromatic N) is 2. The molecule has 0 aliphatic heterocycles. The molecule has 0 spiro atoms. The number of hydrogen-bond acceptors (Lipinski definition) is 5. The molecule has 0 aliphatic rings. The molecular weight excluding hydrogens is 426 g/mol. The summed E-state index contributed by atoms with van der Waals surface area (Å²) in [5.41, 5.74) is 1.89. The third-order valence-corrected chi connectivity index (χ3v) is 6.91. The Morgan fingerprint density at radius 3 is 2.19 bits per heavy atom. The van der Waals surface area contributed by atoms with Gasteiger partial charge in [-0.15, -0.1) is 0 Å². The average molecular weight is 454 g/mol. The van der Waals surface area contributed by atoms with E-state index < -0.39 is 10.0 Å². The van der Waals surface area contributed by atoms with E-state index in [9.17, 15) is 13.2 Å². The lowest BCUT2D eigenvalue weighted by Gasteiger charge is -2.21. The van der Waals surface area contributed by atoms with Gasteiger partial charge in [0.25, 0.3) is 15.9 Å². The third kappa shape index (κ3) is 5.20. The van der Waals surface area contributed by atoms with E-state index in [0.717, 1.165) is 5.69 Å². The molecule has 1 amide bonds. The monoisotopic (exact) mass is 453 g/mol. The molecule has 3 aromatic carbocycles. The molecule has 0 radical (unpaired) electrons. The summed E-state index contributed by atoms with van der Waals surface area (Å²) in [6, 6.07) is 22.7. The van der Waals surface area contributed by atoms with Crippen LogP contribution in [0.3, 0.4) is 0 Å². The molecule has 0 unspecified atom stereocenters. The highest BCUT2D eigenvalue weighted by Crippen LogP contribution is 2.30. The van der Waals surface area contributed by atoms with Gasteiger partial charge in [0.1, 0.15) is 5.75 Å². The van der Waals surface area contributed by atoms with Crippen molar-refractivity contribution in [1.29, 1.82) is 0 Å². The highest BCUT2D eigenvalue weighted by Gasteiger charge is 2.23. The van der Waals surface area contributed by atoms with Gasteiger partial charge < -0.3 is 15.0 Å². The molecule has 8 heteroatoms. The summed E-state index contributed by atoms with van der Waals surface area (Å²) in [5.74, 6) is 0.198. The van der Waals surface area contributed by atoms with Crippen molar-refractivity contribution in [2.24, 2.45) is 0 Å². The summed E-state index contributed by atoms with van der Waals surface area (Å²) in [7, 11) is 1.11. The summed E-state index contributed by atoms with van der Waals surface area (Å²) < 4.78 is 32.5. The SMILES string of the molecule is COc1ccccc1N(C)S(=O)(=O)c1ccc(C(=O)NCCN(C)c2ccccc2)cc1. The van der Waals surface area contributed by atoms with Crippen LogP contribution in [0.1, 0.15) is 10.4 Å². The molecule has 7 nitrogen and oxygen atoms in total. The Bertz CT molecular complexity index is 1150. The molecule has 0 atom stereocenters. The second-order valence-electron chi connectivity index (χ2n) is 7.18. The number of sulfonamides is 1. The van der Waals surface area contributed by atoms with Crippen molar-refractivity contribution in [3.05, 3.63) is 84.4 Å². The summed E-state index contributed by atoms with van der Waals surface area (Å²) in [4.78, 5) is 14.6. The van der Waals surface area contributed by atoms with E-state index >= 15 is 0 Å². The first-order chi connectivity index (χ1) is 15.3. The Morgan fingerprint density at radius 1 is 0.906 bits per heavy atom. The van der Waals surface area contributed by atoms with Crippen molar-refractivity contribution in [2.75, 3.05) is 43.5 Å². The second-order valence-corrected chi connectivity index (χ2v) is 9.15. The number of ether oxygens (including phenoxy) is 1. The Kier molecular flexibility index (Phi) is 7.37. The first kappa shape index (κ1) is 23.1. The minimum absolute atomic E-state index is 0.0891. The van der Waals surface area contributed by atoms with Crippen LogP contribution in [0.5, 0.6) is 5.75 Å². The van der Waals surface area contributed by atoms with E-state index in [4.69, 9.17) is 4.74 Å². The van der Waals surface area contributed by atoms with Gasteiger partial charge in [-0.25, -0.2) is 8.42 Å². The van der Waals surface area contributed by atoms with Crippen molar-refractivity contribution in [2.45, 2.75) is 4.90 Å². The van der Waals surface area contributed by atoms with Gasteiger partial charge in [-0.05, 0) is 48.5 Å². The maximum Gasteiger partial charge on any atom is 0.264 e. The maximum atomic E-state index is 13.0. The van der Waals surface area contributed by atoms with E-state index in [1.165, 1.54) is 42.7 Å². The van der Waals surface area contributed by atoms with Crippen LogP contribution in [0.4, 0.5) is 11.4 Å². The van der Waals surface area contributed by atoms with Crippen molar-refractivity contribution < 1.29 is 17.9 Å². The van der Waals surface area contributed by atoms with Crippen LogP contribution in [0.25, 0.3) is 0 Å². The summed E-state index contributed by atoms with van der Waals surface area (Å²) >= 11 is 0. The van der Waals surface area contributed by atoms with Crippen LogP contribution >= 0.6 is 0 Å².